The number of anilines is 2. The van der Waals surface area contributed by atoms with Gasteiger partial charge in [-0.1, -0.05) is 12.1 Å². The summed E-state index contributed by atoms with van der Waals surface area (Å²) in [6.07, 6.45) is 0.178. The smallest absolute Gasteiger partial charge is 0.303 e. The summed E-state index contributed by atoms with van der Waals surface area (Å²) in [6, 6.07) is 11.4. The number of para-hydroxylation sites is 2. The van der Waals surface area contributed by atoms with Crippen LogP contribution in [0.4, 0.5) is 11.4 Å². The molecule has 0 atom stereocenters. The number of carboxylic acids is 1. The molecule has 29 heavy (non-hydrogen) atoms. The molecule has 1 heterocycles. The number of benzene rings is 2. The van der Waals surface area contributed by atoms with Gasteiger partial charge in [-0.3, -0.25) is 14.3 Å². The number of ether oxygens (including phenoxy) is 1. The van der Waals surface area contributed by atoms with Crippen molar-refractivity contribution in [3.05, 3.63) is 48.0 Å². The summed E-state index contributed by atoms with van der Waals surface area (Å²) in [5.41, 5.74) is 1.70. The second kappa shape index (κ2) is 8.52. The molecule has 0 unspecified atom stereocenters. The Labute approximate surface area is 169 Å². The van der Waals surface area contributed by atoms with Crippen molar-refractivity contribution in [1.82, 2.24) is 0 Å². The van der Waals surface area contributed by atoms with Crippen molar-refractivity contribution < 1.29 is 27.9 Å². The number of carbonyl (C=O) groups excluding carboxylic acids is 1. The van der Waals surface area contributed by atoms with Gasteiger partial charge in [0.25, 0.3) is 10.0 Å². The minimum atomic E-state index is -3.85. The summed E-state index contributed by atoms with van der Waals surface area (Å²) in [5, 5.41) is 8.75. The Kier molecular flexibility index (Phi) is 6.07. The highest BCUT2D eigenvalue weighted by Crippen LogP contribution is 2.32. The van der Waals surface area contributed by atoms with E-state index in [0.717, 1.165) is 5.56 Å². The number of carbonyl (C=O) groups is 2. The van der Waals surface area contributed by atoms with Crippen LogP contribution in [0.5, 0.6) is 5.75 Å². The first-order valence-corrected chi connectivity index (χ1v) is 10.7. The largest absolute Gasteiger partial charge is 0.492 e. The zero-order valence-corrected chi connectivity index (χ0v) is 16.7. The predicted octanol–water partition coefficient (Wildman–Crippen LogP) is 2.64. The van der Waals surface area contributed by atoms with Gasteiger partial charge in [-0.2, -0.15) is 0 Å². The molecule has 0 fully saturated rings. The Hall–Kier alpha value is -3.07. The van der Waals surface area contributed by atoms with Crippen molar-refractivity contribution in [2.75, 3.05) is 22.8 Å². The van der Waals surface area contributed by atoms with Gasteiger partial charge >= 0.3 is 5.97 Å². The molecule has 0 saturated carbocycles. The molecule has 2 aromatic rings. The van der Waals surface area contributed by atoms with E-state index in [-0.39, 0.29) is 23.6 Å². The highest BCUT2D eigenvalue weighted by molar-refractivity contribution is 7.92. The molecule has 0 radical (unpaired) electrons. The van der Waals surface area contributed by atoms with Crippen molar-refractivity contribution >= 4 is 33.3 Å². The lowest BCUT2D eigenvalue weighted by Crippen LogP contribution is -2.29. The molecule has 2 aromatic carbocycles. The van der Waals surface area contributed by atoms with E-state index in [1.807, 2.05) is 6.92 Å². The number of aliphatic carboxylic acids is 1. The maximum atomic E-state index is 12.8. The summed E-state index contributed by atoms with van der Waals surface area (Å²) in [6.45, 7) is 2.62. The first-order valence-electron chi connectivity index (χ1n) is 9.21. The Bertz CT molecular complexity index is 1040. The summed E-state index contributed by atoms with van der Waals surface area (Å²) in [4.78, 5) is 24.5. The first-order chi connectivity index (χ1) is 13.8. The number of nitrogens with zero attached hydrogens (tertiary/aromatic N) is 1. The first kappa shape index (κ1) is 20.7. The van der Waals surface area contributed by atoms with Gasteiger partial charge < -0.3 is 14.7 Å². The molecular weight excluding hydrogens is 396 g/mol. The highest BCUT2D eigenvalue weighted by atomic mass is 32.2. The molecular formula is C20H22N2O6S. The number of carboxylic acid groups (broad SMARTS) is 1. The van der Waals surface area contributed by atoms with Crippen LogP contribution in [0, 0.1) is 0 Å². The Balaban J connectivity index is 1.81. The minimum absolute atomic E-state index is 0.0855. The zero-order chi connectivity index (χ0) is 21.0. The number of nitrogens with one attached hydrogen (secondary N) is 1. The second-order valence-electron chi connectivity index (χ2n) is 6.51. The normalized spacial score (nSPS) is 13.1. The molecule has 1 amide bonds. The van der Waals surface area contributed by atoms with Gasteiger partial charge in [-0.05, 0) is 49.2 Å². The van der Waals surface area contributed by atoms with E-state index in [4.69, 9.17) is 9.84 Å². The zero-order valence-electron chi connectivity index (χ0n) is 15.9. The van der Waals surface area contributed by atoms with Gasteiger partial charge in [-0.25, -0.2) is 8.42 Å². The van der Waals surface area contributed by atoms with E-state index in [2.05, 4.69) is 4.72 Å². The molecule has 9 heteroatoms. The number of fused-ring (bicyclic) bond motifs is 1. The summed E-state index contributed by atoms with van der Waals surface area (Å²) >= 11 is 0. The lowest BCUT2D eigenvalue weighted by Gasteiger charge is -2.17. The maximum absolute atomic E-state index is 12.8. The quantitative estimate of drug-likeness (QED) is 0.681. The number of rotatable bonds is 8. The molecule has 0 saturated heterocycles. The van der Waals surface area contributed by atoms with Crippen molar-refractivity contribution in [3.8, 4) is 5.75 Å². The van der Waals surface area contributed by atoms with Crippen molar-refractivity contribution in [2.45, 2.75) is 31.1 Å². The average Bonchev–Trinajstić information content (AvgIpc) is 3.11. The molecule has 8 nitrogen and oxygen atoms in total. The average molecular weight is 418 g/mol. The standard InChI is InChI=1S/C20H22N2O6S/c1-2-28-18-6-4-3-5-16(18)21-29(26,27)15-7-8-17-14(13-15)11-12-22(17)19(23)9-10-20(24)25/h3-8,13,21H,2,9-12H2,1H3,(H,24,25). The lowest BCUT2D eigenvalue weighted by atomic mass is 10.2. The molecule has 0 aliphatic carbocycles. The van der Waals surface area contributed by atoms with E-state index >= 15 is 0 Å². The summed E-state index contributed by atoms with van der Waals surface area (Å²) in [7, 11) is -3.85. The molecule has 1 aliphatic heterocycles. The van der Waals surface area contributed by atoms with Crippen molar-refractivity contribution in [2.24, 2.45) is 0 Å². The van der Waals surface area contributed by atoms with Crippen LogP contribution < -0.4 is 14.4 Å². The van der Waals surface area contributed by atoms with Gasteiger partial charge in [0, 0.05) is 18.7 Å². The molecule has 0 spiro atoms. The van der Waals surface area contributed by atoms with Crippen LogP contribution in [0.2, 0.25) is 0 Å². The van der Waals surface area contributed by atoms with Crippen LogP contribution >= 0.6 is 0 Å². The molecule has 3 rings (SSSR count). The fraction of sp³-hybridized carbons (Fsp3) is 0.300. The van der Waals surface area contributed by atoms with Crippen molar-refractivity contribution in [3.63, 3.8) is 0 Å². The van der Waals surface area contributed by atoms with Crippen LogP contribution in [-0.4, -0.2) is 38.6 Å². The monoisotopic (exact) mass is 418 g/mol. The predicted molar refractivity (Wildman–Crippen MR) is 108 cm³/mol. The van der Waals surface area contributed by atoms with E-state index in [1.165, 1.54) is 11.0 Å². The Morgan fingerprint density at radius 2 is 1.93 bits per heavy atom. The van der Waals surface area contributed by atoms with Gasteiger partial charge in [0.2, 0.25) is 5.91 Å². The SMILES string of the molecule is CCOc1ccccc1NS(=O)(=O)c1ccc2c(c1)CCN2C(=O)CCC(=O)O. The van der Waals surface area contributed by atoms with Gasteiger partial charge in [0.15, 0.2) is 0 Å². The minimum Gasteiger partial charge on any atom is -0.492 e. The van der Waals surface area contributed by atoms with E-state index in [0.29, 0.717) is 36.7 Å². The maximum Gasteiger partial charge on any atom is 0.303 e. The second-order valence-corrected chi connectivity index (χ2v) is 8.20. The number of sulfonamides is 1. The topological polar surface area (TPSA) is 113 Å². The van der Waals surface area contributed by atoms with Crippen molar-refractivity contribution in [1.29, 1.82) is 0 Å². The third-order valence-electron chi connectivity index (χ3n) is 4.54. The molecule has 0 bridgehead atoms. The fourth-order valence-electron chi connectivity index (χ4n) is 3.19. The Morgan fingerprint density at radius 3 is 2.66 bits per heavy atom. The molecule has 0 aromatic heterocycles. The highest BCUT2D eigenvalue weighted by Gasteiger charge is 2.27. The van der Waals surface area contributed by atoms with Crippen LogP contribution in [0.1, 0.15) is 25.3 Å². The van der Waals surface area contributed by atoms with Crippen LogP contribution in [0.3, 0.4) is 0 Å². The van der Waals surface area contributed by atoms with Gasteiger partial charge in [0.05, 0.1) is 23.6 Å². The van der Waals surface area contributed by atoms with Gasteiger partial charge in [0.1, 0.15) is 5.75 Å². The third kappa shape index (κ3) is 4.68. The number of hydrogen-bond donors (Lipinski definition) is 2. The van der Waals surface area contributed by atoms with E-state index < -0.39 is 16.0 Å². The molecule has 1 aliphatic rings. The van der Waals surface area contributed by atoms with Crippen LogP contribution in [0.15, 0.2) is 47.4 Å². The fourth-order valence-corrected chi connectivity index (χ4v) is 4.31. The molecule has 154 valence electrons. The third-order valence-corrected chi connectivity index (χ3v) is 5.90. The van der Waals surface area contributed by atoms with E-state index in [9.17, 15) is 18.0 Å². The van der Waals surface area contributed by atoms with Crippen LogP contribution in [-0.2, 0) is 26.0 Å². The summed E-state index contributed by atoms with van der Waals surface area (Å²) < 4.78 is 33.7. The van der Waals surface area contributed by atoms with E-state index in [1.54, 1.807) is 36.4 Å². The lowest BCUT2D eigenvalue weighted by molar-refractivity contribution is -0.138. The Morgan fingerprint density at radius 1 is 1.17 bits per heavy atom. The van der Waals surface area contributed by atoms with Gasteiger partial charge in [-0.15, -0.1) is 0 Å². The number of amides is 1. The molecule has 2 N–H and O–H groups in total. The number of hydrogen-bond acceptors (Lipinski definition) is 5. The van der Waals surface area contributed by atoms with Crippen LogP contribution in [0.25, 0.3) is 0 Å². The summed E-state index contributed by atoms with van der Waals surface area (Å²) in [5.74, 6) is -0.877.